The van der Waals surface area contributed by atoms with Crippen LogP contribution in [0.15, 0.2) is 18.2 Å². The van der Waals surface area contributed by atoms with Crippen LogP contribution in [0.1, 0.15) is 12.5 Å². The summed E-state index contributed by atoms with van der Waals surface area (Å²) in [6.07, 6.45) is 0. The lowest BCUT2D eigenvalue weighted by Gasteiger charge is -2.21. The first kappa shape index (κ1) is 15.4. The number of nitrogens with one attached hydrogen (secondary N) is 2. The van der Waals surface area contributed by atoms with E-state index in [0.29, 0.717) is 15.5 Å². The number of hydrogen-bond donors (Lipinski definition) is 3. The van der Waals surface area contributed by atoms with Crippen molar-refractivity contribution < 1.29 is 18.9 Å². The van der Waals surface area contributed by atoms with Gasteiger partial charge in [-0.2, -0.15) is 0 Å². The Morgan fingerprint density at radius 2 is 2.16 bits per heavy atom. The second kappa shape index (κ2) is 6.49. The number of rotatable bonds is 4. The average molecular weight is 289 g/mol. The van der Waals surface area contributed by atoms with Crippen molar-refractivity contribution in [1.82, 2.24) is 5.32 Å². The molecule has 2 atom stereocenters. The molecule has 0 saturated heterocycles. The minimum Gasteiger partial charge on any atom is -0.351 e. The van der Waals surface area contributed by atoms with E-state index in [9.17, 15) is 14.0 Å². The minimum atomic E-state index is -0.909. The highest BCUT2D eigenvalue weighted by Gasteiger charge is 2.24. The molecule has 0 heterocycles. The predicted molar refractivity (Wildman–Crippen MR) is 69.2 cm³/mol. The van der Waals surface area contributed by atoms with E-state index in [2.05, 4.69) is 0 Å². The zero-order valence-electron chi connectivity index (χ0n) is 10.7. The third-order valence-electron chi connectivity index (χ3n) is 2.90. The summed E-state index contributed by atoms with van der Waals surface area (Å²) in [4.78, 5) is 22.9. The fourth-order valence-corrected chi connectivity index (χ4v) is 1.82. The van der Waals surface area contributed by atoms with Crippen LogP contribution in [0.2, 0.25) is 5.02 Å². The number of hydrogen-bond acceptors (Lipinski definition) is 2. The van der Waals surface area contributed by atoms with Crippen molar-refractivity contribution in [1.29, 1.82) is 0 Å². The highest BCUT2D eigenvalue weighted by Crippen LogP contribution is 2.17. The van der Waals surface area contributed by atoms with E-state index in [-0.39, 0.29) is 6.54 Å². The molecule has 0 saturated carbocycles. The standard InChI is InChI=1S/C12H15ClFN3O2/c1-7(11(18)16-12(15)19)17(2)6-8-9(13)4-3-5-10(8)14/h3-5,7H,6H2,1-2H3,(H3,15,16,18,19)/p+1/t7-/m1/s1. The van der Waals surface area contributed by atoms with Crippen LogP contribution in [-0.4, -0.2) is 25.0 Å². The lowest BCUT2D eigenvalue weighted by atomic mass is 10.1. The largest absolute Gasteiger partial charge is 0.351 e. The summed E-state index contributed by atoms with van der Waals surface area (Å²) < 4.78 is 13.6. The van der Waals surface area contributed by atoms with Gasteiger partial charge in [-0.25, -0.2) is 9.18 Å². The summed E-state index contributed by atoms with van der Waals surface area (Å²) in [6, 6.07) is 2.93. The number of primary amides is 1. The van der Waals surface area contributed by atoms with Crippen molar-refractivity contribution in [3.63, 3.8) is 0 Å². The van der Waals surface area contributed by atoms with Gasteiger partial charge in [0.1, 0.15) is 12.4 Å². The highest BCUT2D eigenvalue weighted by molar-refractivity contribution is 6.31. The van der Waals surface area contributed by atoms with Crippen molar-refractivity contribution >= 4 is 23.5 Å². The molecule has 3 amide bonds. The molecule has 5 nitrogen and oxygen atoms in total. The van der Waals surface area contributed by atoms with Gasteiger partial charge in [-0.15, -0.1) is 0 Å². The number of urea groups is 1. The SMILES string of the molecule is C[C@H](C(=O)NC(N)=O)[NH+](C)Cc1c(F)cccc1Cl. The van der Waals surface area contributed by atoms with Gasteiger partial charge >= 0.3 is 6.03 Å². The van der Waals surface area contributed by atoms with E-state index in [0.717, 1.165) is 0 Å². The Hall–Kier alpha value is -1.66. The normalized spacial score (nSPS) is 13.7. The van der Waals surface area contributed by atoms with Gasteiger partial charge in [0.15, 0.2) is 6.04 Å². The number of carbonyl (C=O) groups excluding carboxylic acids is 2. The summed E-state index contributed by atoms with van der Waals surface area (Å²) in [5.74, 6) is -0.938. The number of imide groups is 1. The van der Waals surface area contributed by atoms with Crippen molar-refractivity contribution in [2.75, 3.05) is 7.05 Å². The molecule has 1 aromatic carbocycles. The molecular formula is C12H16ClFN3O2+. The topological polar surface area (TPSA) is 76.6 Å². The van der Waals surface area contributed by atoms with Crippen molar-refractivity contribution in [2.24, 2.45) is 5.73 Å². The van der Waals surface area contributed by atoms with E-state index in [1.54, 1.807) is 20.0 Å². The smallest absolute Gasteiger partial charge is 0.319 e. The van der Waals surface area contributed by atoms with Gasteiger partial charge < -0.3 is 10.6 Å². The van der Waals surface area contributed by atoms with Crippen molar-refractivity contribution in [2.45, 2.75) is 19.5 Å². The van der Waals surface area contributed by atoms with Crippen LogP contribution in [0.3, 0.4) is 0 Å². The summed E-state index contributed by atoms with van der Waals surface area (Å²) >= 11 is 5.91. The number of benzene rings is 1. The van der Waals surface area contributed by atoms with Gasteiger partial charge in [0.2, 0.25) is 0 Å². The molecular weight excluding hydrogens is 273 g/mol. The van der Waals surface area contributed by atoms with Gasteiger partial charge in [0, 0.05) is 0 Å². The first-order valence-electron chi connectivity index (χ1n) is 5.68. The Bertz CT molecular complexity index is 476. The molecule has 4 N–H and O–H groups in total. The second-order valence-electron chi connectivity index (χ2n) is 4.30. The van der Waals surface area contributed by atoms with Crippen LogP contribution in [0.4, 0.5) is 9.18 Å². The number of likely N-dealkylation sites (N-methyl/N-ethyl adjacent to an activating group) is 1. The lowest BCUT2D eigenvalue weighted by molar-refractivity contribution is -0.908. The maximum atomic E-state index is 13.6. The molecule has 1 aromatic rings. The van der Waals surface area contributed by atoms with Crippen LogP contribution in [0.5, 0.6) is 0 Å². The molecule has 0 radical (unpaired) electrons. The summed E-state index contributed by atoms with van der Waals surface area (Å²) in [7, 11) is 1.70. The van der Waals surface area contributed by atoms with E-state index in [1.165, 1.54) is 12.1 Å². The number of carbonyl (C=O) groups is 2. The first-order chi connectivity index (χ1) is 8.82. The molecule has 0 aromatic heterocycles. The van der Waals surface area contributed by atoms with Crippen molar-refractivity contribution in [3.05, 3.63) is 34.6 Å². The third-order valence-corrected chi connectivity index (χ3v) is 3.25. The molecule has 1 unspecified atom stereocenters. The molecule has 104 valence electrons. The monoisotopic (exact) mass is 288 g/mol. The fourth-order valence-electron chi connectivity index (χ4n) is 1.59. The number of nitrogens with two attached hydrogens (primary N) is 1. The molecule has 0 aliphatic rings. The first-order valence-corrected chi connectivity index (χ1v) is 6.06. The van der Waals surface area contributed by atoms with Crippen LogP contribution in [-0.2, 0) is 11.3 Å². The Morgan fingerprint density at radius 1 is 1.53 bits per heavy atom. The molecule has 0 aliphatic heterocycles. The Balaban J connectivity index is 2.76. The second-order valence-corrected chi connectivity index (χ2v) is 4.71. The van der Waals surface area contributed by atoms with E-state index in [1.807, 2.05) is 5.32 Å². The summed E-state index contributed by atoms with van der Waals surface area (Å²) in [5, 5.41) is 2.30. The quantitative estimate of drug-likeness (QED) is 0.734. The molecule has 7 heteroatoms. The maximum absolute atomic E-state index is 13.6. The number of amides is 3. The van der Waals surface area contributed by atoms with E-state index in [4.69, 9.17) is 17.3 Å². The molecule has 0 fully saturated rings. The Kier molecular flexibility index (Phi) is 5.26. The Labute approximate surface area is 115 Å². The summed E-state index contributed by atoms with van der Waals surface area (Å²) in [5.41, 5.74) is 5.20. The average Bonchev–Trinajstić information content (AvgIpc) is 2.32. The maximum Gasteiger partial charge on any atom is 0.319 e. The van der Waals surface area contributed by atoms with E-state index >= 15 is 0 Å². The lowest BCUT2D eigenvalue weighted by Crippen LogP contribution is -3.12. The van der Waals surface area contributed by atoms with Crippen molar-refractivity contribution in [3.8, 4) is 0 Å². The van der Waals surface area contributed by atoms with E-state index < -0.39 is 23.8 Å². The molecule has 19 heavy (non-hydrogen) atoms. The minimum absolute atomic E-state index is 0.221. The van der Waals surface area contributed by atoms with Crippen LogP contribution < -0.4 is 16.0 Å². The molecule has 0 spiro atoms. The van der Waals surface area contributed by atoms with Crippen LogP contribution >= 0.6 is 11.6 Å². The Morgan fingerprint density at radius 3 is 2.68 bits per heavy atom. The summed E-state index contributed by atoms with van der Waals surface area (Å²) in [6.45, 7) is 1.83. The highest BCUT2D eigenvalue weighted by atomic mass is 35.5. The van der Waals surface area contributed by atoms with Gasteiger partial charge in [0.05, 0.1) is 17.6 Å². The molecule has 0 aliphatic carbocycles. The predicted octanol–water partition coefficient (Wildman–Crippen LogP) is 0.0772. The molecule has 0 bridgehead atoms. The third kappa shape index (κ3) is 4.18. The van der Waals surface area contributed by atoms with Gasteiger partial charge in [0.25, 0.3) is 5.91 Å². The molecule has 1 rings (SSSR count). The van der Waals surface area contributed by atoms with Gasteiger partial charge in [-0.1, -0.05) is 17.7 Å². The van der Waals surface area contributed by atoms with Crippen LogP contribution in [0, 0.1) is 5.82 Å². The fraction of sp³-hybridized carbons (Fsp3) is 0.333. The number of quaternary nitrogens is 1. The van der Waals surface area contributed by atoms with Crippen LogP contribution in [0.25, 0.3) is 0 Å². The van der Waals surface area contributed by atoms with Gasteiger partial charge in [-0.3, -0.25) is 10.1 Å². The van der Waals surface area contributed by atoms with Gasteiger partial charge in [-0.05, 0) is 19.1 Å². The zero-order chi connectivity index (χ0) is 14.6. The zero-order valence-corrected chi connectivity index (χ0v) is 11.4. The number of halogens is 2.